The number of hydrogen-bond donors (Lipinski definition) is 2. The molecule has 0 saturated heterocycles. The van der Waals surface area contributed by atoms with E-state index in [0.29, 0.717) is 11.1 Å². The number of nitrogens with two attached hydrogens (primary N) is 2. The Balaban J connectivity index is 2.03. The van der Waals surface area contributed by atoms with Crippen molar-refractivity contribution in [2.24, 2.45) is 5.73 Å². The van der Waals surface area contributed by atoms with E-state index in [1.807, 2.05) is 18.2 Å². The molecule has 22 heavy (non-hydrogen) atoms. The molecule has 6 heteroatoms. The lowest BCUT2D eigenvalue weighted by Gasteiger charge is -2.22. The molecule has 0 saturated carbocycles. The Labute approximate surface area is 126 Å². The Hall–Kier alpha value is -2.08. The van der Waals surface area contributed by atoms with Gasteiger partial charge in [-0.25, -0.2) is 4.98 Å². The summed E-state index contributed by atoms with van der Waals surface area (Å²) in [6.45, 7) is 0. The second-order valence-corrected chi connectivity index (χ2v) is 5.65. The summed E-state index contributed by atoms with van der Waals surface area (Å²) < 4.78 is 38.5. The van der Waals surface area contributed by atoms with Gasteiger partial charge in [0.2, 0.25) is 0 Å². The van der Waals surface area contributed by atoms with Gasteiger partial charge in [0.1, 0.15) is 11.5 Å². The second-order valence-electron chi connectivity index (χ2n) is 5.65. The van der Waals surface area contributed by atoms with Gasteiger partial charge in [-0.3, -0.25) is 0 Å². The molecule has 1 unspecified atom stereocenters. The summed E-state index contributed by atoms with van der Waals surface area (Å²) in [6.07, 6.45) is -1.97. The van der Waals surface area contributed by atoms with Crippen molar-refractivity contribution in [1.29, 1.82) is 0 Å². The van der Waals surface area contributed by atoms with Gasteiger partial charge in [0.15, 0.2) is 0 Å². The van der Waals surface area contributed by atoms with Crippen LogP contribution in [0.15, 0.2) is 30.3 Å². The van der Waals surface area contributed by atoms with Crippen LogP contribution in [0.3, 0.4) is 0 Å². The molecular formula is C16H16F3N3. The number of benzene rings is 1. The van der Waals surface area contributed by atoms with Crippen LogP contribution in [-0.4, -0.2) is 11.0 Å². The molecule has 1 aliphatic carbocycles. The van der Waals surface area contributed by atoms with Crippen molar-refractivity contribution in [3.05, 3.63) is 47.2 Å². The number of rotatable bonds is 1. The number of nitrogen functional groups attached to an aromatic ring is 1. The fraction of sp³-hybridized carbons (Fsp3) is 0.312. The summed E-state index contributed by atoms with van der Waals surface area (Å²) >= 11 is 0. The van der Waals surface area contributed by atoms with Gasteiger partial charge in [-0.1, -0.05) is 18.2 Å². The minimum absolute atomic E-state index is 0.135. The normalized spacial score (nSPS) is 18.1. The molecule has 0 aliphatic heterocycles. The number of anilines is 1. The summed E-state index contributed by atoms with van der Waals surface area (Å²) in [6, 6.07) is 8.33. The number of nitrogens with zero attached hydrogens (tertiary/aromatic N) is 1. The zero-order chi connectivity index (χ0) is 15.9. The highest BCUT2D eigenvalue weighted by Gasteiger charge is 2.33. The van der Waals surface area contributed by atoms with Crippen LogP contribution in [0.5, 0.6) is 0 Å². The minimum atomic E-state index is -4.51. The Morgan fingerprint density at radius 2 is 1.82 bits per heavy atom. The monoisotopic (exact) mass is 307 g/mol. The Morgan fingerprint density at radius 1 is 1.05 bits per heavy atom. The molecule has 0 spiro atoms. The van der Waals surface area contributed by atoms with Crippen LogP contribution < -0.4 is 11.5 Å². The molecule has 0 fully saturated rings. The van der Waals surface area contributed by atoms with E-state index >= 15 is 0 Å². The van der Waals surface area contributed by atoms with E-state index in [4.69, 9.17) is 11.5 Å². The van der Waals surface area contributed by atoms with E-state index in [-0.39, 0.29) is 11.9 Å². The van der Waals surface area contributed by atoms with Crippen molar-refractivity contribution in [1.82, 2.24) is 4.98 Å². The second kappa shape index (κ2) is 5.28. The third-order valence-corrected chi connectivity index (χ3v) is 3.94. The van der Waals surface area contributed by atoms with Crippen molar-refractivity contribution in [3.63, 3.8) is 0 Å². The van der Waals surface area contributed by atoms with E-state index < -0.39 is 11.9 Å². The summed E-state index contributed by atoms with van der Waals surface area (Å²) in [7, 11) is 0. The summed E-state index contributed by atoms with van der Waals surface area (Å²) in [5.74, 6) is -0.135. The predicted octanol–water partition coefficient (Wildman–Crippen LogP) is 3.17. The van der Waals surface area contributed by atoms with E-state index in [2.05, 4.69) is 4.98 Å². The Kier molecular flexibility index (Phi) is 3.56. The van der Waals surface area contributed by atoms with E-state index in [9.17, 15) is 13.2 Å². The molecule has 0 bridgehead atoms. The molecule has 4 N–H and O–H groups in total. The summed E-state index contributed by atoms with van der Waals surface area (Å²) in [5.41, 5.74) is 13.9. The first kappa shape index (κ1) is 14.8. The van der Waals surface area contributed by atoms with E-state index in [1.165, 1.54) is 11.6 Å². The van der Waals surface area contributed by atoms with Gasteiger partial charge in [0, 0.05) is 6.04 Å². The molecule has 1 heterocycles. The van der Waals surface area contributed by atoms with Crippen LogP contribution >= 0.6 is 0 Å². The first-order chi connectivity index (χ1) is 10.3. The lowest BCUT2D eigenvalue weighted by atomic mass is 9.87. The Bertz CT molecular complexity index is 710. The third kappa shape index (κ3) is 2.92. The van der Waals surface area contributed by atoms with Crippen LogP contribution in [0.1, 0.15) is 23.2 Å². The molecule has 1 aromatic carbocycles. The van der Waals surface area contributed by atoms with Crippen molar-refractivity contribution < 1.29 is 13.2 Å². The molecule has 1 aromatic heterocycles. The van der Waals surface area contributed by atoms with Gasteiger partial charge < -0.3 is 11.5 Å². The van der Waals surface area contributed by atoms with Gasteiger partial charge in [-0.15, -0.1) is 0 Å². The molecular weight excluding hydrogens is 291 g/mol. The number of fused-ring (bicyclic) bond motifs is 1. The first-order valence-corrected chi connectivity index (χ1v) is 7.05. The Morgan fingerprint density at radius 3 is 2.55 bits per heavy atom. The standard InChI is InChI=1S/C16H16F3N3/c17-16(18,19)14-7-12(8-15(21)22-14)10-1-2-11-6-13(20)4-3-9(11)5-10/h1-2,5,7-8,13H,3-4,6,20H2,(H2,21,22). The molecule has 0 radical (unpaired) electrons. The first-order valence-electron chi connectivity index (χ1n) is 7.05. The molecule has 1 aliphatic rings. The van der Waals surface area contributed by atoms with Crippen LogP contribution in [0, 0.1) is 0 Å². The van der Waals surface area contributed by atoms with Gasteiger partial charge in [0.25, 0.3) is 0 Å². The average molecular weight is 307 g/mol. The highest BCUT2D eigenvalue weighted by atomic mass is 19.4. The maximum atomic E-state index is 12.8. The van der Waals surface area contributed by atoms with Gasteiger partial charge in [-0.05, 0) is 53.6 Å². The van der Waals surface area contributed by atoms with E-state index in [1.54, 1.807) is 0 Å². The summed E-state index contributed by atoms with van der Waals surface area (Å²) in [5, 5.41) is 0. The van der Waals surface area contributed by atoms with Gasteiger partial charge in [-0.2, -0.15) is 13.2 Å². The van der Waals surface area contributed by atoms with Crippen LogP contribution in [0.4, 0.5) is 19.0 Å². The third-order valence-electron chi connectivity index (χ3n) is 3.94. The highest BCUT2D eigenvalue weighted by molar-refractivity contribution is 5.68. The van der Waals surface area contributed by atoms with Crippen molar-refractivity contribution in [2.45, 2.75) is 31.5 Å². The smallest absolute Gasteiger partial charge is 0.384 e. The van der Waals surface area contributed by atoms with Gasteiger partial charge in [0.05, 0.1) is 0 Å². The average Bonchev–Trinajstić information content (AvgIpc) is 2.45. The molecule has 116 valence electrons. The fourth-order valence-corrected chi connectivity index (χ4v) is 2.83. The van der Waals surface area contributed by atoms with Crippen molar-refractivity contribution >= 4 is 5.82 Å². The number of aryl methyl sites for hydroxylation is 1. The number of hydrogen-bond acceptors (Lipinski definition) is 3. The topological polar surface area (TPSA) is 64.9 Å². The lowest BCUT2D eigenvalue weighted by Crippen LogP contribution is -2.27. The van der Waals surface area contributed by atoms with Crippen molar-refractivity contribution in [3.8, 4) is 11.1 Å². The van der Waals surface area contributed by atoms with Crippen LogP contribution in [0.2, 0.25) is 0 Å². The zero-order valence-corrected chi connectivity index (χ0v) is 11.8. The number of pyridine rings is 1. The SMILES string of the molecule is Nc1cc(-c2ccc3c(c2)CCC(N)C3)cc(C(F)(F)F)n1. The maximum absolute atomic E-state index is 12.8. The summed E-state index contributed by atoms with van der Waals surface area (Å²) in [4.78, 5) is 3.36. The number of aromatic nitrogens is 1. The van der Waals surface area contributed by atoms with E-state index in [0.717, 1.165) is 30.9 Å². The number of halogens is 3. The van der Waals surface area contributed by atoms with Crippen LogP contribution in [0.25, 0.3) is 11.1 Å². The lowest BCUT2D eigenvalue weighted by molar-refractivity contribution is -0.141. The molecule has 0 amide bonds. The van der Waals surface area contributed by atoms with Gasteiger partial charge >= 0.3 is 6.18 Å². The fourth-order valence-electron chi connectivity index (χ4n) is 2.83. The quantitative estimate of drug-likeness (QED) is 0.850. The zero-order valence-electron chi connectivity index (χ0n) is 11.8. The molecule has 2 aromatic rings. The largest absolute Gasteiger partial charge is 0.433 e. The van der Waals surface area contributed by atoms with Crippen molar-refractivity contribution in [2.75, 3.05) is 5.73 Å². The molecule has 3 nitrogen and oxygen atoms in total. The predicted molar refractivity (Wildman–Crippen MR) is 79.1 cm³/mol. The van der Waals surface area contributed by atoms with Crippen LogP contribution in [-0.2, 0) is 19.0 Å². The molecule has 1 atom stereocenters. The number of alkyl halides is 3. The molecule has 3 rings (SSSR count). The highest BCUT2D eigenvalue weighted by Crippen LogP contribution is 2.33. The maximum Gasteiger partial charge on any atom is 0.433 e. The minimum Gasteiger partial charge on any atom is -0.384 e.